The summed E-state index contributed by atoms with van der Waals surface area (Å²) in [6, 6.07) is 20.3. The number of fused-ring (bicyclic) bond motifs is 1. The average Bonchev–Trinajstić information content (AvgIpc) is 3.53. The van der Waals surface area contributed by atoms with Gasteiger partial charge in [0.05, 0.1) is 30.4 Å². The van der Waals surface area contributed by atoms with Crippen LogP contribution in [0.1, 0.15) is 32.0 Å². The summed E-state index contributed by atoms with van der Waals surface area (Å²) in [5, 5.41) is 19.9. The lowest BCUT2D eigenvalue weighted by Crippen LogP contribution is -2.13. The summed E-state index contributed by atoms with van der Waals surface area (Å²) < 4.78 is 7.64. The smallest absolute Gasteiger partial charge is 0.218 e. The van der Waals surface area contributed by atoms with Crippen LogP contribution in [0.5, 0.6) is 11.6 Å². The number of nitrogens with zero attached hydrogens (tertiary/aromatic N) is 2. The number of H-pyrrole nitrogens is 2. The molecule has 0 saturated heterocycles. The molecule has 33 heavy (non-hydrogen) atoms. The summed E-state index contributed by atoms with van der Waals surface area (Å²) >= 11 is 0. The van der Waals surface area contributed by atoms with E-state index in [9.17, 15) is 5.11 Å². The topological polar surface area (TPSA) is 78.9 Å². The zero-order valence-corrected chi connectivity index (χ0v) is 19.3. The second kappa shape index (κ2) is 7.89. The minimum Gasteiger partial charge on any atom is -0.496 e. The summed E-state index contributed by atoms with van der Waals surface area (Å²) in [4.78, 5) is 3.24. The van der Waals surface area contributed by atoms with Gasteiger partial charge in [0.25, 0.3) is 0 Å². The van der Waals surface area contributed by atoms with E-state index in [1.807, 2.05) is 41.1 Å². The highest BCUT2D eigenvalue weighted by Crippen LogP contribution is 2.44. The van der Waals surface area contributed by atoms with Crippen LogP contribution in [0.2, 0.25) is 0 Å². The highest BCUT2D eigenvalue weighted by Gasteiger charge is 2.29. The van der Waals surface area contributed by atoms with Crippen molar-refractivity contribution in [1.82, 2.24) is 19.7 Å². The van der Waals surface area contributed by atoms with Gasteiger partial charge in [-0.15, -0.1) is 0 Å². The molecule has 0 spiro atoms. The molecule has 6 heteroatoms. The van der Waals surface area contributed by atoms with Crippen molar-refractivity contribution in [3.63, 3.8) is 0 Å². The minimum absolute atomic E-state index is 0.169. The minimum atomic E-state index is -0.203. The molecular formula is C27H28N4O2. The van der Waals surface area contributed by atoms with Gasteiger partial charge in [-0.3, -0.25) is 5.10 Å². The van der Waals surface area contributed by atoms with Gasteiger partial charge in [0.15, 0.2) is 0 Å². The fraction of sp³-hybridized carbons (Fsp3) is 0.222. The molecule has 3 N–H and O–H groups in total. The number of para-hydroxylation sites is 1. The molecule has 0 fully saturated rings. The predicted octanol–water partition coefficient (Wildman–Crippen LogP) is 6.09. The molecule has 5 aromatic rings. The molecular weight excluding hydrogens is 412 g/mol. The Morgan fingerprint density at radius 2 is 1.76 bits per heavy atom. The monoisotopic (exact) mass is 440 g/mol. The van der Waals surface area contributed by atoms with Gasteiger partial charge >= 0.3 is 0 Å². The van der Waals surface area contributed by atoms with Crippen LogP contribution in [-0.2, 0) is 12.0 Å². The zero-order chi connectivity index (χ0) is 23.2. The second-order valence-corrected chi connectivity index (χ2v) is 9.31. The van der Waals surface area contributed by atoms with Gasteiger partial charge < -0.3 is 19.4 Å². The van der Waals surface area contributed by atoms with E-state index in [0.29, 0.717) is 12.1 Å². The average molecular weight is 441 g/mol. The molecule has 0 bridgehead atoms. The number of benzene rings is 2. The Morgan fingerprint density at radius 3 is 2.42 bits per heavy atom. The predicted molar refractivity (Wildman–Crippen MR) is 132 cm³/mol. The molecule has 5 rings (SSSR count). The molecule has 168 valence electrons. The first-order valence-corrected chi connectivity index (χ1v) is 11.0. The SMILES string of the molecule is COc1ccccc1-c1c2c(C(C)(C)C)n[nH]c2c(O)n1Cc1ccc(-c2ccc[nH]2)cc1. The van der Waals surface area contributed by atoms with E-state index in [1.165, 1.54) is 0 Å². The van der Waals surface area contributed by atoms with Gasteiger partial charge in [0.2, 0.25) is 5.88 Å². The number of aromatic amines is 2. The lowest BCUT2D eigenvalue weighted by atomic mass is 9.89. The summed E-state index contributed by atoms with van der Waals surface area (Å²) in [7, 11) is 1.67. The highest BCUT2D eigenvalue weighted by molar-refractivity contribution is 6.01. The van der Waals surface area contributed by atoms with Crippen LogP contribution in [0, 0.1) is 0 Å². The van der Waals surface area contributed by atoms with Crippen molar-refractivity contribution in [1.29, 1.82) is 0 Å². The number of aromatic nitrogens is 4. The number of ether oxygens (including phenoxy) is 1. The molecule has 0 aliphatic heterocycles. The van der Waals surface area contributed by atoms with E-state index in [1.54, 1.807) is 7.11 Å². The van der Waals surface area contributed by atoms with E-state index in [-0.39, 0.29) is 11.3 Å². The van der Waals surface area contributed by atoms with Gasteiger partial charge in [0.1, 0.15) is 11.3 Å². The van der Waals surface area contributed by atoms with Gasteiger partial charge in [-0.1, -0.05) is 57.2 Å². The van der Waals surface area contributed by atoms with Crippen molar-refractivity contribution in [3.8, 4) is 34.1 Å². The third kappa shape index (κ3) is 3.57. The molecule has 0 aliphatic rings. The second-order valence-electron chi connectivity index (χ2n) is 9.31. The molecule has 0 saturated carbocycles. The molecule has 3 aromatic heterocycles. The molecule has 0 amide bonds. The van der Waals surface area contributed by atoms with E-state index in [0.717, 1.165) is 44.9 Å². The highest BCUT2D eigenvalue weighted by atomic mass is 16.5. The van der Waals surface area contributed by atoms with Gasteiger partial charge in [0, 0.05) is 22.9 Å². The van der Waals surface area contributed by atoms with E-state index < -0.39 is 0 Å². The van der Waals surface area contributed by atoms with Gasteiger partial charge in [-0.05, 0) is 35.4 Å². The Morgan fingerprint density at radius 1 is 1.00 bits per heavy atom. The standard InChI is InChI=1S/C27H28N4O2/c1-27(2,3)25-22-23(29-30-25)26(32)31(24(22)19-8-5-6-10-21(19)33-4)16-17-11-13-18(14-12-17)20-9-7-15-28-20/h5-15,28-29,32H,16H2,1-4H3. The van der Waals surface area contributed by atoms with Crippen LogP contribution < -0.4 is 4.74 Å². The first-order valence-electron chi connectivity index (χ1n) is 11.0. The Kier molecular flexibility index (Phi) is 5.01. The Labute approximate surface area is 192 Å². The third-order valence-electron chi connectivity index (χ3n) is 6.03. The quantitative estimate of drug-likeness (QED) is 0.310. The normalized spacial score (nSPS) is 11.9. The molecule has 0 radical (unpaired) electrons. The van der Waals surface area contributed by atoms with E-state index >= 15 is 0 Å². The summed E-state index contributed by atoms with van der Waals surface area (Å²) in [5.74, 6) is 0.920. The van der Waals surface area contributed by atoms with Crippen LogP contribution in [0.15, 0.2) is 66.9 Å². The Bertz CT molecular complexity index is 1400. The first kappa shape index (κ1) is 20.9. The van der Waals surface area contributed by atoms with Crippen molar-refractivity contribution in [2.75, 3.05) is 7.11 Å². The zero-order valence-electron chi connectivity index (χ0n) is 19.3. The molecule has 0 unspecified atom stereocenters. The summed E-state index contributed by atoms with van der Waals surface area (Å²) in [6.45, 7) is 6.89. The van der Waals surface area contributed by atoms with Crippen LogP contribution >= 0.6 is 0 Å². The lowest BCUT2D eigenvalue weighted by Gasteiger charge is -2.18. The number of hydrogen-bond donors (Lipinski definition) is 3. The Balaban J connectivity index is 1.69. The number of hydrogen-bond acceptors (Lipinski definition) is 3. The van der Waals surface area contributed by atoms with Crippen molar-refractivity contribution in [3.05, 3.63) is 78.1 Å². The van der Waals surface area contributed by atoms with Crippen LogP contribution in [0.25, 0.3) is 33.4 Å². The molecule has 0 atom stereocenters. The Hall–Kier alpha value is -3.93. The lowest BCUT2D eigenvalue weighted by molar-refractivity contribution is 0.414. The number of nitrogens with one attached hydrogen (secondary N) is 2. The number of aromatic hydroxyl groups is 1. The van der Waals surface area contributed by atoms with Crippen molar-refractivity contribution in [2.45, 2.75) is 32.7 Å². The van der Waals surface area contributed by atoms with Crippen LogP contribution in [-0.4, -0.2) is 32.0 Å². The van der Waals surface area contributed by atoms with Crippen molar-refractivity contribution in [2.24, 2.45) is 0 Å². The molecule has 2 aromatic carbocycles. The maximum absolute atomic E-state index is 11.3. The fourth-order valence-electron chi connectivity index (χ4n) is 4.41. The van der Waals surface area contributed by atoms with Crippen LogP contribution in [0.3, 0.4) is 0 Å². The summed E-state index contributed by atoms with van der Waals surface area (Å²) in [5.41, 5.74) is 6.45. The van der Waals surface area contributed by atoms with Gasteiger partial charge in [-0.25, -0.2) is 0 Å². The first-order chi connectivity index (χ1) is 15.9. The third-order valence-corrected chi connectivity index (χ3v) is 6.03. The van der Waals surface area contributed by atoms with Gasteiger partial charge in [-0.2, -0.15) is 5.10 Å². The van der Waals surface area contributed by atoms with E-state index in [4.69, 9.17) is 4.74 Å². The largest absolute Gasteiger partial charge is 0.496 e. The van der Waals surface area contributed by atoms with Crippen molar-refractivity contribution < 1.29 is 9.84 Å². The maximum atomic E-state index is 11.3. The van der Waals surface area contributed by atoms with Crippen LogP contribution in [0.4, 0.5) is 0 Å². The number of rotatable bonds is 5. The fourth-order valence-corrected chi connectivity index (χ4v) is 4.41. The van der Waals surface area contributed by atoms with Crippen molar-refractivity contribution >= 4 is 10.9 Å². The number of methoxy groups -OCH3 is 1. The summed E-state index contributed by atoms with van der Waals surface area (Å²) in [6.07, 6.45) is 1.92. The molecule has 0 aliphatic carbocycles. The molecule has 6 nitrogen and oxygen atoms in total. The van der Waals surface area contributed by atoms with E-state index in [2.05, 4.69) is 66.3 Å². The molecule has 3 heterocycles. The maximum Gasteiger partial charge on any atom is 0.218 e.